The fraction of sp³-hybridized carbons (Fsp3) is 0.524. The molecule has 0 saturated carbocycles. The first kappa shape index (κ1) is 22.9. The second-order valence-corrected chi connectivity index (χ2v) is 7.48. The zero-order valence-corrected chi connectivity index (χ0v) is 17.8. The van der Waals surface area contributed by atoms with Crippen molar-refractivity contribution in [1.29, 1.82) is 0 Å². The SMILES string of the molecule is CC(=O)C[C@@H](C)c1n[nH]c([C@@H](C)C(=O)Cc2ccc(COCON(C)C)cc2)n1. The number of hydrogen-bond acceptors (Lipinski definition) is 7. The number of benzene rings is 1. The van der Waals surface area contributed by atoms with Gasteiger partial charge >= 0.3 is 0 Å². The van der Waals surface area contributed by atoms with E-state index in [2.05, 4.69) is 15.2 Å². The monoisotopic (exact) mass is 402 g/mol. The van der Waals surface area contributed by atoms with E-state index < -0.39 is 5.92 Å². The van der Waals surface area contributed by atoms with Gasteiger partial charge in [0.25, 0.3) is 0 Å². The van der Waals surface area contributed by atoms with E-state index in [9.17, 15) is 9.59 Å². The molecule has 0 radical (unpaired) electrons. The summed E-state index contributed by atoms with van der Waals surface area (Å²) in [5.74, 6) is 0.774. The van der Waals surface area contributed by atoms with E-state index in [1.165, 1.54) is 0 Å². The van der Waals surface area contributed by atoms with Crippen molar-refractivity contribution in [2.75, 3.05) is 20.9 Å². The summed E-state index contributed by atoms with van der Waals surface area (Å²) >= 11 is 0. The maximum Gasteiger partial charge on any atom is 0.167 e. The van der Waals surface area contributed by atoms with Gasteiger partial charge < -0.3 is 9.53 Å². The minimum Gasteiger partial charge on any atom is -0.349 e. The van der Waals surface area contributed by atoms with Crippen molar-refractivity contribution in [3.63, 3.8) is 0 Å². The Morgan fingerprint density at radius 3 is 2.41 bits per heavy atom. The molecule has 0 fully saturated rings. The summed E-state index contributed by atoms with van der Waals surface area (Å²) in [5, 5.41) is 8.60. The van der Waals surface area contributed by atoms with E-state index in [-0.39, 0.29) is 24.3 Å². The van der Waals surface area contributed by atoms with Gasteiger partial charge in [0.15, 0.2) is 12.6 Å². The zero-order valence-electron chi connectivity index (χ0n) is 17.8. The molecular formula is C21H30N4O4. The normalized spacial score (nSPS) is 13.4. The molecule has 1 N–H and O–H groups in total. The number of hydrogen-bond donors (Lipinski definition) is 1. The summed E-state index contributed by atoms with van der Waals surface area (Å²) < 4.78 is 5.42. The minimum atomic E-state index is -0.396. The summed E-state index contributed by atoms with van der Waals surface area (Å²) in [7, 11) is 3.59. The molecule has 0 bridgehead atoms. The van der Waals surface area contributed by atoms with Gasteiger partial charge in [-0.05, 0) is 25.0 Å². The van der Waals surface area contributed by atoms with Gasteiger partial charge in [-0.25, -0.2) is 4.98 Å². The van der Waals surface area contributed by atoms with Gasteiger partial charge in [0.05, 0.1) is 12.5 Å². The van der Waals surface area contributed by atoms with Gasteiger partial charge in [0, 0.05) is 32.9 Å². The van der Waals surface area contributed by atoms with Crippen LogP contribution < -0.4 is 0 Å². The Morgan fingerprint density at radius 2 is 1.79 bits per heavy atom. The van der Waals surface area contributed by atoms with Gasteiger partial charge in [-0.15, -0.1) is 0 Å². The number of aromatic amines is 1. The van der Waals surface area contributed by atoms with Crippen LogP contribution in [0, 0.1) is 0 Å². The van der Waals surface area contributed by atoms with E-state index in [4.69, 9.17) is 9.57 Å². The van der Waals surface area contributed by atoms with Crippen molar-refractivity contribution < 1.29 is 19.2 Å². The number of ether oxygens (including phenoxy) is 1. The Bertz CT molecular complexity index is 801. The third-order valence-electron chi connectivity index (χ3n) is 4.51. The van der Waals surface area contributed by atoms with Crippen molar-refractivity contribution in [1.82, 2.24) is 20.2 Å². The minimum absolute atomic E-state index is 0.0512. The van der Waals surface area contributed by atoms with Crippen LogP contribution in [0.3, 0.4) is 0 Å². The van der Waals surface area contributed by atoms with Crippen molar-refractivity contribution in [2.45, 2.75) is 52.1 Å². The molecular weight excluding hydrogens is 372 g/mol. The van der Waals surface area contributed by atoms with E-state index in [1.807, 2.05) is 38.1 Å². The summed E-state index contributed by atoms with van der Waals surface area (Å²) in [6.45, 7) is 5.89. The predicted octanol–water partition coefficient (Wildman–Crippen LogP) is 2.77. The molecule has 1 aromatic carbocycles. The molecule has 29 heavy (non-hydrogen) atoms. The first-order valence-corrected chi connectivity index (χ1v) is 9.66. The number of nitrogens with zero attached hydrogens (tertiary/aromatic N) is 3. The first-order chi connectivity index (χ1) is 13.8. The molecule has 158 valence electrons. The molecule has 2 atom stereocenters. The highest BCUT2D eigenvalue weighted by Crippen LogP contribution is 2.20. The third kappa shape index (κ3) is 7.49. The molecule has 0 aliphatic carbocycles. The number of carbonyl (C=O) groups excluding carboxylic acids is 2. The molecule has 1 heterocycles. The Kier molecular flexibility index (Phi) is 8.63. The number of carbonyl (C=O) groups is 2. The molecule has 8 heteroatoms. The van der Waals surface area contributed by atoms with Crippen molar-refractivity contribution in [3.05, 3.63) is 47.0 Å². The number of H-pyrrole nitrogens is 1. The highest BCUT2D eigenvalue weighted by molar-refractivity contribution is 5.86. The first-order valence-electron chi connectivity index (χ1n) is 9.66. The number of nitrogens with one attached hydrogen (secondary N) is 1. The fourth-order valence-corrected chi connectivity index (χ4v) is 2.79. The Labute approximate surface area is 171 Å². The molecule has 8 nitrogen and oxygen atoms in total. The average molecular weight is 402 g/mol. The molecule has 0 spiro atoms. The van der Waals surface area contributed by atoms with E-state index in [0.29, 0.717) is 31.1 Å². The lowest BCUT2D eigenvalue weighted by Gasteiger charge is -2.11. The van der Waals surface area contributed by atoms with Gasteiger partial charge in [0.1, 0.15) is 17.4 Å². The van der Waals surface area contributed by atoms with Gasteiger partial charge in [0.2, 0.25) is 0 Å². The maximum absolute atomic E-state index is 12.6. The predicted molar refractivity (Wildman–Crippen MR) is 108 cm³/mol. The van der Waals surface area contributed by atoms with Crippen molar-refractivity contribution >= 4 is 11.6 Å². The largest absolute Gasteiger partial charge is 0.349 e. The lowest BCUT2D eigenvalue weighted by atomic mass is 9.98. The molecule has 2 aromatic rings. The summed E-state index contributed by atoms with van der Waals surface area (Å²) in [5.41, 5.74) is 1.94. The van der Waals surface area contributed by atoms with Gasteiger partial charge in [-0.3, -0.25) is 14.7 Å². The molecule has 0 unspecified atom stereocenters. The number of aromatic nitrogens is 3. The highest BCUT2D eigenvalue weighted by Gasteiger charge is 2.21. The van der Waals surface area contributed by atoms with Crippen molar-refractivity contribution in [2.24, 2.45) is 0 Å². The Morgan fingerprint density at radius 1 is 1.14 bits per heavy atom. The number of hydroxylamine groups is 2. The number of Topliss-reactive ketones (excluding diaryl/α,β-unsaturated/α-hetero) is 2. The van der Waals surface area contributed by atoms with Gasteiger partial charge in [-0.2, -0.15) is 10.2 Å². The fourth-order valence-electron chi connectivity index (χ4n) is 2.79. The van der Waals surface area contributed by atoms with E-state index in [0.717, 1.165) is 11.1 Å². The zero-order chi connectivity index (χ0) is 21.4. The van der Waals surface area contributed by atoms with E-state index in [1.54, 1.807) is 26.1 Å². The van der Waals surface area contributed by atoms with Crippen LogP contribution in [-0.4, -0.2) is 52.7 Å². The topological polar surface area (TPSA) is 97.4 Å². The van der Waals surface area contributed by atoms with Gasteiger partial charge in [-0.1, -0.05) is 31.2 Å². The maximum atomic E-state index is 12.6. The number of rotatable bonds is 12. The van der Waals surface area contributed by atoms with Crippen LogP contribution in [0.1, 0.15) is 61.8 Å². The van der Waals surface area contributed by atoms with Crippen LogP contribution in [0.5, 0.6) is 0 Å². The lowest BCUT2D eigenvalue weighted by molar-refractivity contribution is -0.201. The second kappa shape index (κ2) is 10.9. The molecule has 0 saturated heterocycles. The Balaban J connectivity index is 1.87. The summed E-state index contributed by atoms with van der Waals surface area (Å²) in [6.07, 6.45) is 0.696. The molecule has 2 rings (SSSR count). The van der Waals surface area contributed by atoms with Crippen LogP contribution in [0.2, 0.25) is 0 Å². The summed E-state index contributed by atoms with van der Waals surface area (Å²) in [4.78, 5) is 33.5. The molecule has 0 aliphatic rings. The lowest BCUT2D eigenvalue weighted by Crippen LogP contribution is -2.15. The quantitative estimate of drug-likeness (QED) is 0.331. The molecule has 1 aromatic heterocycles. The van der Waals surface area contributed by atoms with Crippen LogP contribution in [0.15, 0.2) is 24.3 Å². The number of ketones is 2. The smallest absolute Gasteiger partial charge is 0.167 e. The highest BCUT2D eigenvalue weighted by atomic mass is 16.8. The average Bonchev–Trinajstić information content (AvgIpc) is 3.15. The molecule has 0 amide bonds. The Hall–Kier alpha value is -2.42. The van der Waals surface area contributed by atoms with Crippen LogP contribution >= 0.6 is 0 Å². The third-order valence-corrected chi connectivity index (χ3v) is 4.51. The standard InChI is InChI=1S/C21H30N4O4/c1-14(10-15(2)26)20-22-21(24-23-20)16(3)19(27)11-17-6-8-18(9-7-17)12-28-13-29-25(4)5/h6-9,14,16H,10-13H2,1-5H3,(H,22,23,24)/t14-,16+/m1/s1. The summed E-state index contributed by atoms with van der Waals surface area (Å²) in [6, 6.07) is 7.74. The van der Waals surface area contributed by atoms with Crippen LogP contribution in [0.4, 0.5) is 0 Å². The molecule has 0 aliphatic heterocycles. The van der Waals surface area contributed by atoms with E-state index >= 15 is 0 Å². The second-order valence-electron chi connectivity index (χ2n) is 7.48. The van der Waals surface area contributed by atoms with Crippen LogP contribution in [0.25, 0.3) is 0 Å². The van der Waals surface area contributed by atoms with Crippen LogP contribution in [-0.2, 0) is 32.2 Å². The van der Waals surface area contributed by atoms with Crippen molar-refractivity contribution in [3.8, 4) is 0 Å².